The lowest BCUT2D eigenvalue weighted by molar-refractivity contribution is -0.0954. The number of hydrogen-bond acceptors (Lipinski definition) is 6. The normalized spacial score (nSPS) is 16.1. The number of hydroxylamine groups is 2. The van der Waals surface area contributed by atoms with Crippen molar-refractivity contribution in [3.63, 3.8) is 0 Å². The van der Waals surface area contributed by atoms with Crippen LogP contribution in [0.5, 0.6) is 17.2 Å². The zero-order valence-corrected chi connectivity index (χ0v) is 24.2. The highest BCUT2D eigenvalue weighted by Gasteiger charge is 2.56. The van der Waals surface area contributed by atoms with Crippen molar-refractivity contribution in [2.45, 2.75) is 32.1 Å². The molecule has 3 aromatic rings. The van der Waals surface area contributed by atoms with Crippen LogP contribution in [-0.2, 0) is 6.54 Å². The first-order valence-electron chi connectivity index (χ1n) is 12.2. The number of carbonyl (C=O) groups excluding carboxylic acids is 2. The second kappa shape index (κ2) is 11.7. The SMILES string of the molecule is COc1cc(CN2C(=O)N(c3cccc(Cl)c3)[C@@H](N(O)C(=O)Nc3cccc(Cl)c3)C2(C)C)cc(OC)c1OC. The Morgan fingerprint density at radius 1 is 0.975 bits per heavy atom. The third-order valence-corrected chi connectivity index (χ3v) is 7.15. The van der Waals surface area contributed by atoms with E-state index in [2.05, 4.69) is 5.32 Å². The lowest BCUT2D eigenvalue weighted by atomic mass is 9.99. The molecule has 0 saturated carbocycles. The van der Waals surface area contributed by atoms with Gasteiger partial charge in [0, 0.05) is 28.0 Å². The maximum absolute atomic E-state index is 14.0. The van der Waals surface area contributed by atoms with Crippen molar-refractivity contribution in [2.75, 3.05) is 31.5 Å². The fourth-order valence-electron chi connectivity index (χ4n) is 4.76. The first-order chi connectivity index (χ1) is 19.0. The van der Waals surface area contributed by atoms with Crippen molar-refractivity contribution in [2.24, 2.45) is 0 Å². The lowest BCUT2D eigenvalue weighted by Gasteiger charge is -2.38. The average Bonchev–Trinajstić information content (AvgIpc) is 3.12. The summed E-state index contributed by atoms with van der Waals surface area (Å²) in [5.74, 6) is 1.27. The topological polar surface area (TPSA) is 104 Å². The van der Waals surface area contributed by atoms with Gasteiger partial charge in [-0.15, -0.1) is 0 Å². The highest BCUT2D eigenvalue weighted by Crippen LogP contribution is 2.42. The molecule has 4 rings (SSSR count). The van der Waals surface area contributed by atoms with Gasteiger partial charge in [-0.05, 0) is 67.9 Å². The molecule has 0 aliphatic carbocycles. The minimum Gasteiger partial charge on any atom is -0.493 e. The molecule has 0 bridgehead atoms. The minimum atomic E-state index is -1.15. The number of ether oxygens (including phenoxy) is 3. The standard InChI is InChI=1S/C28H30Cl2N4O6/c1-28(2)25(34(37)26(35)31-20-10-6-8-18(29)14-20)33(21-11-7-9-19(30)15-21)27(36)32(28)16-17-12-22(38-3)24(40-5)23(13-17)39-4/h6-15,25,37H,16H2,1-5H3,(H,31,35)/t25-/m0/s1. The van der Waals surface area contributed by atoms with Crippen molar-refractivity contribution in [3.8, 4) is 17.2 Å². The number of amides is 4. The summed E-state index contributed by atoms with van der Waals surface area (Å²) >= 11 is 12.3. The van der Waals surface area contributed by atoms with Gasteiger partial charge in [0.1, 0.15) is 0 Å². The molecular weight excluding hydrogens is 559 g/mol. The van der Waals surface area contributed by atoms with Crippen LogP contribution in [0.15, 0.2) is 60.7 Å². The van der Waals surface area contributed by atoms with Crippen LogP contribution >= 0.6 is 23.2 Å². The van der Waals surface area contributed by atoms with E-state index in [1.807, 2.05) is 0 Å². The second-order valence-electron chi connectivity index (χ2n) is 9.56. The van der Waals surface area contributed by atoms with Crippen LogP contribution in [0.25, 0.3) is 0 Å². The summed E-state index contributed by atoms with van der Waals surface area (Å²) in [5, 5.41) is 15.2. The van der Waals surface area contributed by atoms with Crippen LogP contribution in [0, 0.1) is 0 Å². The van der Waals surface area contributed by atoms with Crippen molar-refractivity contribution in [3.05, 3.63) is 76.3 Å². The number of benzene rings is 3. The molecule has 12 heteroatoms. The van der Waals surface area contributed by atoms with E-state index < -0.39 is 23.8 Å². The summed E-state index contributed by atoms with van der Waals surface area (Å²) < 4.78 is 16.4. The van der Waals surface area contributed by atoms with Gasteiger partial charge in [-0.25, -0.2) is 9.59 Å². The van der Waals surface area contributed by atoms with E-state index in [-0.39, 0.29) is 6.54 Å². The van der Waals surface area contributed by atoms with Crippen LogP contribution in [-0.4, -0.2) is 60.3 Å². The number of methoxy groups -OCH3 is 3. The van der Waals surface area contributed by atoms with Crippen molar-refractivity contribution < 1.29 is 29.0 Å². The molecule has 0 unspecified atom stereocenters. The van der Waals surface area contributed by atoms with Gasteiger partial charge in [-0.3, -0.25) is 10.1 Å². The Balaban J connectivity index is 1.75. The van der Waals surface area contributed by atoms with E-state index >= 15 is 0 Å². The maximum Gasteiger partial charge on any atom is 0.347 e. The van der Waals surface area contributed by atoms with Gasteiger partial charge < -0.3 is 24.4 Å². The average molecular weight is 589 g/mol. The third kappa shape index (κ3) is 5.56. The summed E-state index contributed by atoms with van der Waals surface area (Å²) in [7, 11) is 4.51. The van der Waals surface area contributed by atoms with E-state index in [0.717, 1.165) is 0 Å². The summed E-state index contributed by atoms with van der Waals surface area (Å²) in [6.07, 6.45) is -1.15. The van der Waals surface area contributed by atoms with E-state index in [1.54, 1.807) is 79.4 Å². The lowest BCUT2D eigenvalue weighted by Crippen LogP contribution is -2.58. The fraction of sp³-hybridized carbons (Fsp3) is 0.286. The number of anilines is 2. The number of nitrogens with zero attached hydrogens (tertiary/aromatic N) is 3. The summed E-state index contributed by atoms with van der Waals surface area (Å²) in [4.78, 5) is 30.2. The highest BCUT2D eigenvalue weighted by molar-refractivity contribution is 6.31. The molecule has 1 heterocycles. The molecule has 4 amide bonds. The van der Waals surface area contributed by atoms with Gasteiger partial charge in [0.15, 0.2) is 17.7 Å². The van der Waals surface area contributed by atoms with Crippen molar-refractivity contribution in [1.82, 2.24) is 9.96 Å². The monoisotopic (exact) mass is 588 g/mol. The van der Waals surface area contributed by atoms with Gasteiger partial charge in [-0.1, -0.05) is 35.3 Å². The molecule has 2 N–H and O–H groups in total. The van der Waals surface area contributed by atoms with E-state index in [0.29, 0.717) is 49.3 Å². The smallest absolute Gasteiger partial charge is 0.347 e. The molecule has 0 spiro atoms. The molecule has 1 aliphatic rings. The summed E-state index contributed by atoms with van der Waals surface area (Å²) in [5.41, 5.74) is 0.343. The van der Waals surface area contributed by atoms with Crippen LogP contribution in [0.3, 0.4) is 0 Å². The Kier molecular flexibility index (Phi) is 8.53. The molecule has 10 nitrogen and oxygen atoms in total. The molecule has 0 aromatic heterocycles. The van der Waals surface area contributed by atoms with Crippen LogP contribution in [0.2, 0.25) is 10.0 Å². The summed E-state index contributed by atoms with van der Waals surface area (Å²) in [6.45, 7) is 3.61. The number of urea groups is 2. The maximum atomic E-state index is 14.0. The first-order valence-corrected chi connectivity index (χ1v) is 13.0. The number of hydrogen-bond donors (Lipinski definition) is 2. The van der Waals surface area contributed by atoms with Gasteiger partial charge in [0.2, 0.25) is 5.75 Å². The van der Waals surface area contributed by atoms with Gasteiger partial charge in [0.05, 0.1) is 26.9 Å². The van der Waals surface area contributed by atoms with Gasteiger partial charge in [0.25, 0.3) is 0 Å². The van der Waals surface area contributed by atoms with E-state index in [9.17, 15) is 14.8 Å². The molecule has 1 fully saturated rings. The summed E-state index contributed by atoms with van der Waals surface area (Å²) in [6, 6.07) is 15.3. The Labute approximate surface area is 242 Å². The van der Waals surface area contributed by atoms with Crippen molar-refractivity contribution >= 4 is 46.6 Å². The molecule has 1 aliphatic heterocycles. The molecule has 0 radical (unpaired) electrons. The number of halogens is 2. The Morgan fingerprint density at radius 3 is 2.12 bits per heavy atom. The van der Waals surface area contributed by atoms with Gasteiger partial charge in [-0.2, -0.15) is 5.06 Å². The number of nitrogens with one attached hydrogen (secondary N) is 1. The zero-order chi connectivity index (χ0) is 29.2. The Bertz CT molecular complexity index is 1390. The van der Waals surface area contributed by atoms with E-state index in [1.165, 1.54) is 26.2 Å². The number of carbonyl (C=O) groups is 2. The predicted molar refractivity (Wildman–Crippen MR) is 153 cm³/mol. The van der Waals surface area contributed by atoms with Gasteiger partial charge >= 0.3 is 12.1 Å². The molecule has 40 heavy (non-hydrogen) atoms. The molecule has 1 atom stereocenters. The largest absolute Gasteiger partial charge is 0.493 e. The quantitative estimate of drug-likeness (QED) is 0.230. The minimum absolute atomic E-state index is 0.0971. The van der Waals surface area contributed by atoms with Crippen LogP contribution < -0.4 is 24.4 Å². The Hall–Kier alpha value is -3.86. The third-order valence-electron chi connectivity index (χ3n) is 6.68. The molecular formula is C28H30Cl2N4O6. The molecule has 3 aromatic carbocycles. The first kappa shape index (κ1) is 29.1. The zero-order valence-electron chi connectivity index (χ0n) is 22.6. The fourth-order valence-corrected chi connectivity index (χ4v) is 5.14. The number of rotatable bonds is 8. The van der Waals surface area contributed by atoms with Crippen LogP contribution in [0.4, 0.5) is 21.0 Å². The van der Waals surface area contributed by atoms with E-state index in [4.69, 9.17) is 37.4 Å². The second-order valence-corrected chi connectivity index (χ2v) is 10.4. The van der Waals surface area contributed by atoms with Crippen LogP contribution in [0.1, 0.15) is 19.4 Å². The Morgan fingerprint density at radius 2 is 1.57 bits per heavy atom. The highest BCUT2D eigenvalue weighted by atomic mass is 35.5. The molecule has 1 saturated heterocycles. The molecule has 212 valence electrons. The predicted octanol–water partition coefficient (Wildman–Crippen LogP) is 6.49. The van der Waals surface area contributed by atoms with Crippen molar-refractivity contribution in [1.29, 1.82) is 0 Å².